The van der Waals surface area contributed by atoms with Crippen LogP contribution in [0.3, 0.4) is 0 Å². The second kappa shape index (κ2) is 7.26. The molecule has 0 saturated carbocycles. The van der Waals surface area contributed by atoms with Crippen molar-refractivity contribution in [1.29, 1.82) is 0 Å². The van der Waals surface area contributed by atoms with Crippen molar-refractivity contribution in [2.75, 3.05) is 17.2 Å². The lowest BCUT2D eigenvalue weighted by atomic mass is 10.0. The second-order valence-electron chi connectivity index (χ2n) is 6.08. The molecule has 0 spiro atoms. The Balaban J connectivity index is 1.86. The van der Waals surface area contributed by atoms with E-state index in [1.54, 1.807) is 6.92 Å². The fourth-order valence-corrected chi connectivity index (χ4v) is 2.58. The lowest BCUT2D eigenvalue weighted by Gasteiger charge is -2.32. The number of hydrogen-bond acceptors (Lipinski definition) is 5. The Kier molecular flexibility index (Phi) is 5.00. The van der Waals surface area contributed by atoms with E-state index in [-0.39, 0.29) is 23.7 Å². The first-order valence-electron chi connectivity index (χ1n) is 8.33. The maximum atomic E-state index is 13.8. The van der Waals surface area contributed by atoms with Crippen LogP contribution in [0.2, 0.25) is 0 Å². The van der Waals surface area contributed by atoms with Crippen LogP contribution in [0.5, 0.6) is 5.75 Å². The van der Waals surface area contributed by atoms with E-state index in [1.165, 1.54) is 31.2 Å². The Morgan fingerprint density at radius 1 is 1.25 bits per heavy atom. The van der Waals surface area contributed by atoms with Crippen molar-refractivity contribution >= 4 is 29.2 Å². The van der Waals surface area contributed by atoms with Crippen LogP contribution >= 0.6 is 0 Å². The van der Waals surface area contributed by atoms with Gasteiger partial charge in [0, 0.05) is 11.8 Å². The highest BCUT2D eigenvalue weighted by atomic mass is 19.2. The van der Waals surface area contributed by atoms with Crippen molar-refractivity contribution in [2.24, 2.45) is 0 Å². The standard InChI is InChI=1S/C19H16F2N2O5/c1-3-27-18(26)19(2)17(25)23-13-8-7-10(9-14(13)28-19)22-16(24)11-5-4-6-12(20)15(11)21/h4-9H,3H2,1-2H3,(H,22,24)(H,23,25). The molecule has 146 valence electrons. The molecule has 0 aliphatic carbocycles. The molecule has 28 heavy (non-hydrogen) atoms. The number of amides is 2. The summed E-state index contributed by atoms with van der Waals surface area (Å²) < 4.78 is 37.5. The lowest BCUT2D eigenvalue weighted by molar-refractivity contribution is -0.165. The molecule has 2 N–H and O–H groups in total. The number of carbonyl (C=O) groups excluding carboxylic acids is 3. The molecule has 2 aromatic carbocycles. The van der Waals surface area contributed by atoms with Crippen molar-refractivity contribution in [3.05, 3.63) is 53.6 Å². The summed E-state index contributed by atoms with van der Waals surface area (Å²) in [5, 5.41) is 4.95. The molecule has 2 amide bonds. The maximum absolute atomic E-state index is 13.8. The van der Waals surface area contributed by atoms with E-state index in [9.17, 15) is 23.2 Å². The summed E-state index contributed by atoms with van der Waals surface area (Å²) in [5.74, 6) is -4.74. The van der Waals surface area contributed by atoms with E-state index in [0.29, 0.717) is 0 Å². The smallest absolute Gasteiger partial charge is 0.360 e. The van der Waals surface area contributed by atoms with Gasteiger partial charge < -0.3 is 20.1 Å². The average Bonchev–Trinajstić information content (AvgIpc) is 2.65. The summed E-state index contributed by atoms with van der Waals surface area (Å²) in [7, 11) is 0. The molecule has 0 saturated heterocycles. The fraction of sp³-hybridized carbons (Fsp3) is 0.211. The summed E-state index contributed by atoms with van der Waals surface area (Å²) in [6, 6.07) is 7.48. The highest BCUT2D eigenvalue weighted by molar-refractivity contribution is 6.14. The van der Waals surface area contributed by atoms with Crippen molar-refractivity contribution in [3.63, 3.8) is 0 Å². The van der Waals surface area contributed by atoms with Gasteiger partial charge in [-0.25, -0.2) is 13.6 Å². The largest absolute Gasteiger partial charge is 0.464 e. The molecule has 0 bridgehead atoms. The van der Waals surface area contributed by atoms with Gasteiger partial charge in [-0.15, -0.1) is 0 Å². The molecular weight excluding hydrogens is 374 g/mol. The van der Waals surface area contributed by atoms with Crippen LogP contribution < -0.4 is 15.4 Å². The molecular formula is C19H16F2N2O5. The van der Waals surface area contributed by atoms with Crippen LogP contribution in [0.4, 0.5) is 20.2 Å². The molecule has 0 aromatic heterocycles. The number of carbonyl (C=O) groups is 3. The number of halogens is 2. The minimum Gasteiger partial charge on any atom is -0.464 e. The Morgan fingerprint density at radius 2 is 2.00 bits per heavy atom. The molecule has 3 rings (SSSR count). The minimum atomic E-state index is -1.90. The quantitative estimate of drug-likeness (QED) is 0.619. The molecule has 9 heteroatoms. The van der Waals surface area contributed by atoms with Crippen LogP contribution in [0.15, 0.2) is 36.4 Å². The third-order valence-electron chi connectivity index (χ3n) is 4.10. The summed E-state index contributed by atoms with van der Waals surface area (Å²) in [6.45, 7) is 2.92. The van der Waals surface area contributed by atoms with Crippen molar-refractivity contribution in [1.82, 2.24) is 0 Å². The zero-order valence-corrected chi connectivity index (χ0v) is 15.0. The topological polar surface area (TPSA) is 93.7 Å². The van der Waals surface area contributed by atoms with E-state index in [4.69, 9.17) is 9.47 Å². The summed E-state index contributed by atoms with van der Waals surface area (Å²) in [6.07, 6.45) is 0. The Morgan fingerprint density at radius 3 is 2.71 bits per heavy atom. The molecule has 1 aliphatic rings. The van der Waals surface area contributed by atoms with Crippen molar-refractivity contribution in [2.45, 2.75) is 19.4 Å². The molecule has 1 atom stereocenters. The van der Waals surface area contributed by atoms with Gasteiger partial charge in [0.25, 0.3) is 17.4 Å². The van der Waals surface area contributed by atoms with Gasteiger partial charge in [-0.2, -0.15) is 0 Å². The summed E-state index contributed by atoms with van der Waals surface area (Å²) in [4.78, 5) is 36.6. The van der Waals surface area contributed by atoms with Gasteiger partial charge >= 0.3 is 5.97 Å². The molecule has 1 unspecified atom stereocenters. The predicted molar refractivity (Wildman–Crippen MR) is 95.0 cm³/mol. The first-order chi connectivity index (χ1) is 13.3. The predicted octanol–water partition coefficient (Wildman–Crippen LogP) is 2.87. The van der Waals surface area contributed by atoms with Gasteiger partial charge in [0.15, 0.2) is 11.6 Å². The Labute approximate surface area is 158 Å². The monoisotopic (exact) mass is 390 g/mol. The highest BCUT2D eigenvalue weighted by Gasteiger charge is 2.48. The Bertz CT molecular complexity index is 979. The number of fused-ring (bicyclic) bond motifs is 1. The van der Waals surface area contributed by atoms with Gasteiger partial charge in [-0.1, -0.05) is 6.07 Å². The highest BCUT2D eigenvalue weighted by Crippen LogP contribution is 2.36. The molecule has 1 aliphatic heterocycles. The molecule has 0 fully saturated rings. The fourth-order valence-electron chi connectivity index (χ4n) is 2.58. The van der Waals surface area contributed by atoms with Crippen molar-refractivity contribution < 1.29 is 32.6 Å². The maximum Gasteiger partial charge on any atom is 0.360 e. The molecule has 2 aromatic rings. The van der Waals surface area contributed by atoms with Gasteiger partial charge in [0.2, 0.25) is 0 Å². The number of anilines is 2. The van der Waals surface area contributed by atoms with Gasteiger partial charge in [-0.05, 0) is 38.1 Å². The third kappa shape index (κ3) is 3.38. The summed E-state index contributed by atoms with van der Waals surface area (Å²) in [5.41, 5.74) is -1.90. The summed E-state index contributed by atoms with van der Waals surface area (Å²) >= 11 is 0. The number of benzene rings is 2. The minimum absolute atomic E-state index is 0.0627. The molecule has 0 radical (unpaired) electrons. The molecule has 1 heterocycles. The van der Waals surface area contributed by atoms with Crippen LogP contribution in [-0.4, -0.2) is 30.0 Å². The van der Waals surface area contributed by atoms with E-state index in [1.807, 2.05) is 0 Å². The first kappa shape index (κ1) is 19.3. The van der Waals surface area contributed by atoms with E-state index in [2.05, 4.69) is 10.6 Å². The SMILES string of the molecule is CCOC(=O)C1(C)Oc2cc(NC(=O)c3cccc(F)c3F)ccc2NC1=O. The van der Waals surface area contributed by atoms with Crippen molar-refractivity contribution in [3.8, 4) is 5.75 Å². The van der Waals surface area contributed by atoms with Gasteiger partial charge in [-0.3, -0.25) is 9.59 Å². The van der Waals surface area contributed by atoms with Crippen LogP contribution in [-0.2, 0) is 14.3 Å². The first-order valence-corrected chi connectivity index (χ1v) is 8.33. The van der Waals surface area contributed by atoms with Gasteiger partial charge in [0.05, 0.1) is 17.9 Å². The van der Waals surface area contributed by atoms with Crippen LogP contribution in [0, 0.1) is 11.6 Å². The van der Waals surface area contributed by atoms with Crippen LogP contribution in [0.1, 0.15) is 24.2 Å². The van der Waals surface area contributed by atoms with E-state index < -0.39 is 40.6 Å². The van der Waals surface area contributed by atoms with Crippen LogP contribution in [0.25, 0.3) is 0 Å². The average molecular weight is 390 g/mol. The zero-order chi connectivity index (χ0) is 20.5. The number of nitrogens with one attached hydrogen (secondary N) is 2. The van der Waals surface area contributed by atoms with E-state index >= 15 is 0 Å². The number of hydrogen-bond donors (Lipinski definition) is 2. The van der Waals surface area contributed by atoms with Gasteiger partial charge in [0.1, 0.15) is 5.75 Å². The lowest BCUT2D eigenvalue weighted by Crippen LogP contribution is -2.55. The second-order valence-corrected chi connectivity index (χ2v) is 6.08. The van der Waals surface area contributed by atoms with E-state index in [0.717, 1.165) is 12.1 Å². The normalized spacial score (nSPS) is 17.8. The third-order valence-corrected chi connectivity index (χ3v) is 4.10. The number of esters is 1. The number of ether oxygens (including phenoxy) is 2. The zero-order valence-electron chi connectivity index (χ0n) is 15.0. The number of rotatable bonds is 4. The molecule has 7 nitrogen and oxygen atoms in total. The Hall–Kier alpha value is -3.49.